The van der Waals surface area contributed by atoms with Gasteiger partial charge in [-0.2, -0.15) is 0 Å². The Labute approximate surface area is 96.1 Å². The molecule has 0 aromatic rings. The summed E-state index contributed by atoms with van der Waals surface area (Å²) >= 11 is 0. The number of likely N-dealkylation sites (tertiary alicyclic amines) is 1. The van der Waals surface area contributed by atoms with Crippen LogP contribution in [0.3, 0.4) is 0 Å². The van der Waals surface area contributed by atoms with Gasteiger partial charge in [0, 0.05) is 0 Å². The second-order valence-electron chi connectivity index (χ2n) is 5.03. The fraction of sp³-hybridized carbons (Fsp3) is 0.818. The molecule has 16 heavy (non-hydrogen) atoms. The highest BCUT2D eigenvalue weighted by Gasteiger charge is 2.26. The van der Waals surface area contributed by atoms with Crippen LogP contribution in [0.5, 0.6) is 0 Å². The van der Waals surface area contributed by atoms with Crippen molar-refractivity contribution in [2.75, 3.05) is 13.6 Å². The van der Waals surface area contributed by atoms with Crippen molar-refractivity contribution >= 4 is 11.9 Å². The fourth-order valence-corrected chi connectivity index (χ4v) is 1.22. The van der Waals surface area contributed by atoms with Gasteiger partial charge in [0.25, 0.3) is 0 Å². The second kappa shape index (κ2) is 5.84. The summed E-state index contributed by atoms with van der Waals surface area (Å²) in [6.45, 7) is 5.91. The number of nitrogens with zero attached hydrogens (tertiary/aromatic N) is 1. The molecule has 1 rings (SSSR count). The van der Waals surface area contributed by atoms with Crippen LogP contribution in [0, 0.1) is 5.41 Å². The molecule has 2 N–H and O–H groups in total. The summed E-state index contributed by atoms with van der Waals surface area (Å²) in [5.74, 6) is -1.44. The number of likely N-dealkylation sites (N-methyl/N-ethyl adjacent to an activating group) is 1. The molecule has 0 spiro atoms. The molecule has 0 saturated carbocycles. The van der Waals surface area contributed by atoms with E-state index in [0.717, 1.165) is 19.4 Å². The zero-order chi connectivity index (χ0) is 12.9. The second-order valence-corrected chi connectivity index (χ2v) is 5.03. The van der Waals surface area contributed by atoms with Crippen molar-refractivity contribution in [3.63, 3.8) is 0 Å². The Morgan fingerprint density at radius 1 is 1.25 bits per heavy atom. The van der Waals surface area contributed by atoms with Gasteiger partial charge in [-0.05, 0) is 47.2 Å². The highest BCUT2D eigenvalue weighted by molar-refractivity contribution is 5.73. The van der Waals surface area contributed by atoms with E-state index in [9.17, 15) is 9.59 Å². The number of hydrogen-bond acceptors (Lipinski definition) is 3. The Hall–Kier alpha value is -1.10. The van der Waals surface area contributed by atoms with Gasteiger partial charge >= 0.3 is 11.9 Å². The third-order valence-electron chi connectivity index (χ3n) is 2.45. The van der Waals surface area contributed by atoms with Gasteiger partial charge in [0.15, 0.2) is 0 Å². The molecule has 94 valence electrons. The highest BCUT2D eigenvalue weighted by Crippen LogP contribution is 2.13. The topological polar surface area (TPSA) is 77.8 Å². The summed E-state index contributed by atoms with van der Waals surface area (Å²) in [7, 11) is 1.85. The SMILES string of the molecule is CC(C)(C)C(=O)O.CN1CCC[C@H]1C(=O)O. The van der Waals surface area contributed by atoms with E-state index in [-0.39, 0.29) is 6.04 Å². The van der Waals surface area contributed by atoms with E-state index in [1.54, 1.807) is 20.8 Å². The van der Waals surface area contributed by atoms with E-state index in [0.29, 0.717) is 0 Å². The van der Waals surface area contributed by atoms with Crippen molar-refractivity contribution < 1.29 is 19.8 Å². The Morgan fingerprint density at radius 3 is 1.81 bits per heavy atom. The highest BCUT2D eigenvalue weighted by atomic mass is 16.4. The van der Waals surface area contributed by atoms with E-state index in [1.807, 2.05) is 11.9 Å². The van der Waals surface area contributed by atoms with Crippen LogP contribution in [-0.4, -0.2) is 46.7 Å². The smallest absolute Gasteiger partial charge is 0.320 e. The summed E-state index contributed by atoms with van der Waals surface area (Å²) in [5, 5.41) is 16.8. The maximum Gasteiger partial charge on any atom is 0.320 e. The number of rotatable bonds is 1. The lowest BCUT2D eigenvalue weighted by Crippen LogP contribution is -2.32. The lowest BCUT2D eigenvalue weighted by molar-refractivity contribution is -0.146. The first-order valence-electron chi connectivity index (χ1n) is 5.32. The molecule has 0 bridgehead atoms. The number of carboxylic acids is 2. The molecule has 1 atom stereocenters. The van der Waals surface area contributed by atoms with Gasteiger partial charge in [0.1, 0.15) is 6.04 Å². The van der Waals surface area contributed by atoms with Crippen LogP contribution in [0.15, 0.2) is 0 Å². The van der Waals surface area contributed by atoms with Crippen LogP contribution in [0.4, 0.5) is 0 Å². The summed E-state index contributed by atoms with van der Waals surface area (Å²) in [6.07, 6.45) is 1.83. The van der Waals surface area contributed by atoms with Crippen molar-refractivity contribution in [3.8, 4) is 0 Å². The van der Waals surface area contributed by atoms with E-state index in [2.05, 4.69) is 0 Å². The fourth-order valence-electron chi connectivity index (χ4n) is 1.22. The van der Waals surface area contributed by atoms with Crippen LogP contribution in [0.2, 0.25) is 0 Å². The summed E-state index contributed by atoms with van der Waals surface area (Å²) in [5.41, 5.74) is -0.583. The van der Waals surface area contributed by atoms with Crippen molar-refractivity contribution in [2.24, 2.45) is 5.41 Å². The summed E-state index contributed by atoms with van der Waals surface area (Å²) in [4.78, 5) is 22.3. The molecule has 0 amide bonds. The number of aliphatic carboxylic acids is 2. The monoisotopic (exact) mass is 231 g/mol. The third-order valence-corrected chi connectivity index (χ3v) is 2.45. The molecule has 0 unspecified atom stereocenters. The van der Waals surface area contributed by atoms with Crippen LogP contribution in [0.1, 0.15) is 33.6 Å². The molecule has 0 aromatic carbocycles. The van der Waals surface area contributed by atoms with E-state index in [4.69, 9.17) is 10.2 Å². The number of carboxylic acid groups (broad SMARTS) is 2. The quantitative estimate of drug-likeness (QED) is 0.711. The molecule has 1 heterocycles. The molecular formula is C11H21NO4. The first kappa shape index (κ1) is 14.9. The Kier molecular flexibility index (Phi) is 5.44. The Balaban J connectivity index is 0.000000293. The number of hydrogen-bond donors (Lipinski definition) is 2. The van der Waals surface area contributed by atoms with Gasteiger partial charge in [-0.15, -0.1) is 0 Å². The van der Waals surface area contributed by atoms with Crippen LogP contribution in [0.25, 0.3) is 0 Å². The zero-order valence-electron chi connectivity index (χ0n) is 10.4. The van der Waals surface area contributed by atoms with Crippen LogP contribution < -0.4 is 0 Å². The summed E-state index contributed by atoms with van der Waals surface area (Å²) in [6, 6.07) is -0.218. The normalized spacial score (nSPS) is 21.1. The van der Waals surface area contributed by atoms with Gasteiger partial charge in [0.2, 0.25) is 0 Å². The van der Waals surface area contributed by atoms with Gasteiger partial charge in [-0.1, -0.05) is 0 Å². The minimum atomic E-state index is -0.757. The molecule has 5 nitrogen and oxygen atoms in total. The third kappa shape index (κ3) is 5.11. The van der Waals surface area contributed by atoms with E-state index in [1.165, 1.54) is 0 Å². The van der Waals surface area contributed by atoms with Crippen molar-refractivity contribution in [1.29, 1.82) is 0 Å². The Morgan fingerprint density at radius 2 is 1.69 bits per heavy atom. The predicted octanol–water partition coefficient (Wildman–Crippen LogP) is 1.28. The maximum atomic E-state index is 10.4. The van der Waals surface area contributed by atoms with Crippen LogP contribution >= 0.6 is 0 Å². The van der Waals surface area contributed by atoms with Gasteiger partial charge in [-0.3, -0.25) is 14.5 Å². The molecule has 1 fully saturated rings. The zero-order valence-corrected chi connectivity index (χ0v) is 10.4. The Bertz CT molecular complexity index is 257. The minimum absolute atomic E-state index is 0.218. The lowest BCUT2D eigenvalue weighted by atomic mass is 9.98. The molecular weight excluding hydrogens is 210 g/mol. The number of carbonyl (C=O) groups is 2. The minimum Gasteiger partial charge on any atom is -0.481 e. The lowest BCUT2D eigenvalue weighted by Gasteiger charge is -2.13. The van der Waals surface area contributed by atoms with Crippen LogP contribution in [-0.2, 0) is 9.59 Å². The molecule has 1 aliphatic heterocycles. The van der Waals surface area contributed by atoms with E-state index >= 15 is 0 Å². The van der Waals surface area contributed by atoms with Crippen molar-refractivity contribution in [1.82, 2.24) is 4.90 Å². The predicted molar refractivity (Wildman–Crippen MR) is 60.4 cm³/mol. The molecule has 0 aromatic heterocycles. The molecule has 1 saturated heterocycles. The first-order valence-corrected chi connectivity index (χ1v) is 5.32. The van der Waals surface area contributed by atoms with Crippen molar-refractivity contribution in [3.05, 3.63) is 0 Å². The van der Waals surface area contributed by atoms with Gasteiger partial charge in [0.05, 0.1) is 5.41 Å². The first-order chi connectivity index (χ1) is 7.16. The van der Waals surface area contributed by atoms with E-state index < -0.39 is 17.4 Å². The van der Waals surface area contributed by atoms with Crippen molar-refractivity contribution in [2.45, 2.75) is 39.7 Å². The molecule has 1 aliphatic rings. The average molecular weight is 231 g/mol. The van der Waals surface area contributed by atoms with Gasteiger partial charge in [-0.25, -0.2) is 0 Å². The average Bonchev–Trinajstić information content (AvgIpc) is 2.50. The largest absolute Gasteiger partial charge is 0.481 e. The molecule has 0 radical (unpaired) electrons. The maximum absolute atomic E-state index is 10.4. The molecule has 5 heteroatoms. The van der Waals surface area contributed by atoms with Gasteiger partial charge < -0.3 is 10.2 Å². The summed E-state index contributed by atoms with van der Waals surface area (Å²) < 4.78 is 0. The standard InChI is InChI=1S/C6H11NO2.C5H10O2/c1-7-4-2-3-5(7)6(8)9;1-5(2,3)4(6)7/h5H,2-4H2,1H3,(H,8,9);1-3H3,(H,6,7)/t5-;/m0./s1. The molecule has 0 aliphatic carbocycles.